The fourth-order valence-corrected chi connectivity index (χ4v) is 2.14. The largest absolute Gasteiger partial charge is 0.542 e. The van der Waals surface area contributed by atoms with Crippen LogP contribution in [0, 0.1) is 17.2 Å². The molecule has 4 nitrogen and oxygen atoms in total. The Kier molecular flexibility index (Phi) is 4.25. The zero-order valence-electron chi connectivity index (χ0n) is 9.32. The van der Waals surface area contributed by atoms with Crippen molar-refractivity contribution < 1.29 is 14.8 Å². The maximum Gasteiger partial charge on any atom is 0.131 e. The molecule has 0 aliphatic carbocycles. The maximum atomic E-state index is 10.2. The lowest BCUT2D eigenvalue weighted by molar-refractivity contribution is -0.725. The van der Waals surface area contributed by atoms with E-state index in [2.05, 4.69) is 11.4 Å². The average Bonchev–Trinajstić information content (AvgIpc) is 2.20. The number of hydrogen-bond donors (Lipinski definition) is 1. The lowest BCUT2D eigenvalue weighted by Crippen LogP contribution is -2.98. The number of rotatable bonds is 4. The van der Waals surface area contributed by atoms with Gasteiger partial charge in [-0.25, -0.2) is 0 Å². The van der Waals surface area contributed by atoms with Crippen molar-refractivity contribution in [3.8, 4) is 6.07 Å². The van der Waals surface area contributed by atoms with Crippen molar-refractivity contribution in [2.24, 2.45) is 5.92 Å². The van der Waals surface area contributed by atoms with Gasteiger partial charge in [-0.05, 0) is 13.8 Å². The Labute approximate surface area is 90.6 Å². The van der Waals surface area contributed by atoms with E-state index in [9.17, 15) is 4.79 Å². The number of morpholine rings is 1. The highest BCUT2D eigenvalue weighted by molar-refractivity contribution is 5.50. The molecule has 4 heteroatoms. The van der Waals surface area contributed by atoms with E-state index in [0.717, 1.165) is 13.2 Å². The first kappa shape index (κ1) is 12.2. The van der Waals surface area contributed by atoms with E-state index in [4.69, 9.17) is 10.00 Å². The molecule has 0 spiro atoms. The Morgan fingerprint density at radius 2 is 2.47 bits per heavy atom. The van der Waals surface area contributed by atoms with Gasteiger partial charge in [0.05, 0.1) is 25.1 Å². The molecule has 2 atom stereocenters. The van der Waals surface area contributed by atoms with Crippen LogP contribution in [0.25, 0.3) is 0 Å². The van der Waals surface area contributed by atoms with Crippen LogP contribution in [0.5, 0.6) is 0 Å². The molecule has 2 N–H and O–H groups in total. The number of nitrogens with two attached hydrogens (primary N) is 1. The highest BCUT2D eigenvalue weighted by atomic mass is 16.5. The molecule has 0 aromatic carbocycles. The van der Waals surface area contributed by atoms with Crippen molar-refractivity contribution in [1.29, 1.82) is 5.26 Å². The summed E-state index contributed by atoms with van der Waals surface area (Å²) in [4.78, 5) is 10.2. The van der Waals surface area contributed by atoms with Crippen LogP contribution in [-0.2, 0) is 9.53 Å². The van der Waals surface area contributed by atoms with Crippen LogP contribution in [0.15, 0.2) is 0 Å². The molecule has 15 heavy (non-hydrogen) atoms. The fraction of sp³-hybridized carbons (Fsp3) is 0.818. The maximum absolute atomic E-state index is 10.2. The lowest BCUT2D eigenvalue weighted by Gasteiger charge is -2.38. The number of carbonyl (C=O) groups excluding carboxylic acids is 1. The number of hydrogen-bond acceptors (Lipinski definition) is 3. The second-order valence-corrected chi connectivity index (χ2v) is 4.42. The molecule has 1 heterocycles. The standard InChI is InChI=1S/C11H17N2O2/c1-11(2)10(13-5-7-15-11)9(8-12)4-3-6-14/h9-10,13H,3-5,7H2,1-2H3/q-1/p+1. The molecule has 1 saturated heterocycles. The van der Waals surface area contributed by atoms with Crippen molar-refractivity contribution >= 4 is 6.29 Å². The van der Waals surface area contributed by atoms with E-state index in [1.54, 1.807) is 0 Å². The van der Waals surface area contributed by atoms with Gasteiger partial charge in [0.2, 0.25) is 0 Å². The molecule has 0 amide bonds. The minimum absolute atomic E-state index is 0.115. The van der Waals surface area contributed by atoms with E-state index in [1.807, 2.05) is 20.1 Å². The van der Waals surface area contributed by atoms with Gasteiger partial charge in [-0.3, -0.25) is 6.29 Å². The summed E-state index contributed by atoms with van der Waals surface area (Å²) in [6.45, 7) is 5.61. The topological polar surface area (TPSA) is 66.7 Å². The molecule has 84 valence electrons. The highest BCUT2D eigenvalue weighted by Gasteiger charge is 2.41. The summed E-state index contributed by atoms with van der Waals surface area (Å²) in [6.07, 6.45) is 2.75. The fourth-order valence-electron chi connectivity index (χ4n) is 2.14. The minimum Gasteiger partial charge on any atom is -0.542 e. The molecule has 2 unspecified atom stereocenters. The van der Waals surface area contributed by atoms with E-state index in [1.165, 1.54) is 0 Å². The quantitative estimate of drug-likeness (QED) is 0.651. The van der Waals surface area contributed by atoms with E-state index in [0.29, 0.717) is 12.8 Å². The van der Waals surface area contributed by atoms with Crippen molar-refractivity contribution in [3.63, 3.8) is 0 Å². The molecule has 0 aromatic heterocycles. The summed E-state index contributed by atoms with van der Waals surface area (Å²) in [5.74, 6) is -0.137. The van der Waals surface area contributed by atoms with Crippen LogP contribution in [0.1, 0.15) is 26.7 Å². The molecule has 1 aliphatic rings. The Bertz CT molecular complexity index is 258. The van der Waals surface area contributed by atoms with Gasteiger partial charge in [0.15, 0.2) is 0 Å². The second kappa shape index (κ2) is 5.24. The molecule has 1 aliphatic heterocycles. The number of quaternary nitrogens is 1. The summed E-state index contributed by atoms with van der Waals surface area (Å²) >= 11 is 0. The Balaban J connectivity index is 2.65. The Morgan fingerprint density at radius 1 is 1.73 bits per heavy atom. The summed E-state index contributed by atoms with van der Waals surface area (Å²) in [6, 6.07) is 2.39. The first-order chi connectivity index (χ1) is 7.11. The average molecular weight is 210 g/mol. The van der Waals surface area contributed by atoms with Crippen LogP contribution >= 0.6 is 0 Å². The third kappa shape index (κ3) is 3.01. The molecular weight excluding hydrogens is 192 g/mol. The SMILES string of the molecule is CC1(C)OCC[NH2+]C1C(C#N)CC[C-]=O. The van der Waals surface area contributed by atoms with Crippen molar-refractivity contribution in [2.45, 2.75) is 38.3 Å². The Hall–Kier alpha value is -0.920. The number of nitriles is 1. The molecule has 1 rings (SSSR count). The first-order valence-corrected chi connectivity index (χ1v) is 5.33. The normalized spacial score (nSPS) is 26.6. The monoisotopic (exact) mass is 210 g/mol. The number of ether oxygens (including phenoxy) is 1. The van der Waals surface area contributed by atoms with Crippen molar-refractivity contribution in [3.05, 3.63) is 0 Å². The van der Waals surface area contributed by atoms with Gasteiger partial charge in [0.25, 0.3) is 0 Å². The second-order valence-electron chi connectivity index (χ2n) is 4.42. The molecular formula is C11H18N2O2. The zero-order chi connectivity index (χ0) is 11.3. The highest BCUT2D eigenvalue weighted by Crippen LogP contribution is 2.22. The molecule has 0 bridgehead atoms. The van der Waals surface area contributed by atoms with Gasteiger partial charge in [0, 0.05) is 0 Å². The number of nitrogens with zero attached hydrogens (tertiary/aromatic N) is 1. The summed E-state index contributed by atoms with van der Waals surface area (Å²) in [7, 11) is 0. The summed E-state index contributed by atoms with van der Waals surface area (Å²) in [5, 5.41) is 11.2. The van der Waals surface area contributed by atoms with Crippen LogP contribution < -0.4 is 5.32 Å². The van der Waals surface area contributed by atoms with E-state index >= 15 is 0 Å². The van der Waals surface area contributed by atoms with Gasteiger partial charge in [-0.2, -0.15) is 11.7 Å². The lowest BCUT2D eigenvalue weighted by atomic mass is 9.84. The van der Waals surface area contributed by atoms with Gasteiger partial charge >= 0.3 is 0 Å². The smallest absolute Gasteiger partial charge is 0.131 e. The van der Waals surface area contributed by atoms with Crippen LogP contribution in [0.4, 0.5) is 0 Å². The van der Waals surface area contributed by atoms with Crippen LogP contribution in [0.2, 0.25) is 0 Å². The predicted molar refractivity (Wildman–Crippen MR) is 54.6 cm³/mol. The van der Waals surface area contributed by atoms with Crippen molar-refractivity contribution in [1.82, 2.24) is 0 Å². The zero-order valence-corrected chi connectivity index (χ0v) is 9.32. The predicted octanol–water partition coefficient (Wildman–Crippen LogP) is -0.243. The third-order valence-electron chi connectivity index (χ3n) is 2.97. The minimum atomic E-state index is -0.290. The van der Waals surface area contributed by atoms with Crippen LogP contribution in [0.3, 0.4) is 0 Å². The Morgan fingerprint density at radius 3 is 3.00 bits per heavy atom. The first-order valence-electron chi connectivity index (χ1n) is 5.33. The van der Waals surface area contributed by atoms with Crippen LogP contribution in [-0.4, -0.2) is 31.1 Å². The van der Waals surface area contributed by atoms with Gasteiger partial charge < -0.3 is 14.8 Å². The molecule has 0 aromatic rings. The summed E-state index contributed by atoms with van der Waals surface area (Å²) in [5.41, 5.74) is -0.290. The summed E-state index contributed by atoms with van der Waals surface area (Å²) < 4.78 is 5.66. The van der Waals surface area contributed by atoms with E-state index < -0.39 is 0 Å². The molecule has 0 saturated carbocycles. The van der Waals surface area contributed by atoms with Gasteiger partial charge in [-0.15, -0.1) is 0 Å². The van der Waals surface area contributed by atoms with Gasteiger partial charge in [0.1, 0.15) is 11.6 Å². The van der Waals surface area contributed by atoms with Crippen molar-refractivity contribution in [2.75, 3.05) is 13.2 Å². The molecule has 1 fully saturated rings. The van der Waals surface area contributed by atoms with Gasteiger partial charge in [-0.1, -0.05) is 6.42 Å². The molecule has 0 radical (unpaired) electrons. The van der Waals surface area contributed by atoms with E-state index in [-0.39, 0.29) is 17.6 Å². The third-order valence-corrected chi connectivity index (χ3v) is 2.97.